The summed E-state index contributed by atoms with van der Waals surface area (Å²) in [6.07, 6.45) is 2.76. The number of amides is 1. The molecule has 1 aliphatic carbocycles. The zero-order chi connectivity index (χ0) is 25.9. The van der Waals surface area contributed by atoms with Crippen LogP contribution in [0.5, 0.6) is 17.2 Å². The number of carbonyl (C=O) groups excluding carboxylic acids is 1. The molecule has 0 saturated heterocycles. The van der Waals surface area contributed by atoms with E-state index in [1.165, 1.54) is 11.8 Å². The molecule has 1 amide bonds. The minimum atomic E-state index is -0.498. The molecule has 190 valence electrons. The first-order valence-electron chi connectivity index (χ1n) is 12.0. The molecule has 1 fully saturated rings. The van der Waals surface area contributed by atoms with Gasteiger partial charge in [0.25, 0.3) is 0 Å². The first-order chi connectivity index (χ1) is 17.0. The van der Waals surface area contributed by atoms with Crippen LogP contribution in [0.2, 0.25) is 5.15 Å². The van der Waals surface area contributed by atoms with Gasteiger partial charge in [-0.25, -0.2) is 4.79 Å². The maximum atomic E-state index is 11.9. The lowest BCUT2D eigenvalue weighted by Gasteiger charge is -2.36. The Labute approximate surface area is 217 Å². The molecule has 36 heavy (non-hydrogen) atoms. The van der Waals surface area contributed by atoms with E-state index in [2.05, 4.69) is 53.6 Å². The summed E-state index contributed by atoms with van der Waals surface area (Å²) in [5.41, 5.74) is 1.62. The number of carbonyl (C=O) groups is 1. The number of benzene rings is 2. The normalized spacial score (nSPS) is 17.6. The Hall–Kier alpha value is -3.32. The summed E-state index contributed by atoms with van der Waals surface area (Å²) in [6, 6.07) is 17.9. The van der Waals surface area contributed by atoms with Crippen LogP contribution in [-0.4, -0.2) is 34.0 Å². The number of nitrogens with zero attached hydrogens (tertiary/aromatic N) is 2. The molecule has 4 rings (SSSR count). The van der Waals surface area contributed by atoms with Crippen LogP contribution in [0.3, 0.4) is 0 Å². The van der Waals surface area contributed by atoms with Crippen molar-refractivity contribution in [1.82, 2.24) is 15.5 Å². The topological polar surface area (TPSA) is 82.6 Å². The van der Waals surface area contributed by atoms with Crippen LogP contribution in [0.25, 0.3) is 0 Å². The number of aromatic nitrogens is 2. The fourth-order valence-corrected chi connectivity index (χ4v) is 4.17. The van der Waals surface area contributed by atoms with Crippen molar-refractivity contribution in [2.75, 3.05) is 0 Å². The minimum absolute atomic E-state index is 0.0850. The second-order valence-corrected chi connectivity index (χ2v) is 10.9. The second-order valence-electron chi connectivity index (χ2n) is 10.5. The fourth-order valence-electron chi connectivity index (χ4n) is 4.02. The summed E-state index contributed by atoms with van der Waals surface area (Å²) in [4.78, 5) is 11.9. The van der Waals surface area contributed by atoms with Gasteiger partial charge in [0, 0.05) is 30.4 Å². The van der Waals surface area contributed by atoms with Gasteiger partial charge >= 0.3 is 6.09 Å². The van der Waals surface area contributed by atoms with E-state index in [-0.39, 0.29) is 28.8 Å². The minimum Gasteiger partial charge on any atom is -0.490 e. The fraction of sp³-hybridized carbons (Fsp3) is 0.393. The molecule has 0 atom stereocenters. The van der Waals surface area contributed by atoms with Crippen molar-refractivity contribution in [2.45, 2.75) is 70.6 Å². The van der Waals surface area contributed by atoms with E-state index in [1.54, 1.807) is 6.07 Å². The number of rotatable bonds is 7. The Morgan fingerprint density at radius 3 is 2.06 bits per heavy atom. The highest BCUT2D eigenvalue weighted by atomic mass is 35.5. The molecule has 0 spiro atoms. The van der Waals surface area contributed by atoms with E-state index >= 15 is 0 Å². The van der Waals surface area contributed by atoms with Crippen molar-refractivity contribution in [3.05, 3.63) is 77.1 Å². The maximum absolute atomic E-state index is 11.9. The molecule has 2 aromatic carbocycles. The first-order valence-corrected chi connectivity index (χ1v) is 12.4. The number of ether oxygens (including phenoxy) is 3. The zero-order valence-electron chi connectivity index (χ0n) is 21.2. The summed E-state index contributed by atoms with van der Waals surface area (Å²) in [7, 11) is 0. The SMILES string of the molecule is CC(C)(C)OC(=O)N[C@H]1C[C@H](Oc2ccc(C(C)(C)c3ccc(Oc4cnnc(Cl)c4)cc3)cc2)C1. The van der Waals surface area contributed by atoms with E-state index in [9.17, 15) is 4.79 Å². The van der Waals surface area contributed by atoms with Gasteiger partial charge in [0.05, 0.1) is 6.20 Å². The number of halogens is 1. The van der Waals surface area contributed by atoms with Crippen molar-refractivity contribution in [3.8, 4) is 17.2 Å². The smallest absolute Gasteiger partial charge is 0.407 e. The zero-order valence-corrected chi connectivity index (χ0v) is 22.0. The molecule has 3 aromatic rings. The Morgan fingerprint density at radius 1 is 0.917 bits per heavy atom. The van der Waals surface area contributed by atoms with Gasteiger partial charge in [-0.3, -0.25) is 0 Å². The van der Waals surface area contributed by atoms with Crippen LogP contribution in [0.1, 0.15) is 58.6 Å². The van der Waals surface area contributed by atoms with Gasteiger partial charge in [-0.05, 0) is 56.2 Å². The molecular formula is C28H32ClN3O4. The van der Waals surface area contributed by atoms with E-state index < -0.39 is 5.60 Å². The molecule has 1 N–H and O–H groups in total. The highest BCUT2D eigenvalue weighted by Crippen LogP contribution is 2.35. The standard InChI is InChI=1S/C28H32ClN3O4/c1-27(2,3)36-26(33)31-20-14-23(15-20)34-21-10-6-18(7-11-21)28(4,5)19-8-12-22(13-9-19)35-24-16-25(29)32-30-17-24/h6-13,16-17,20,23H,14-15H2,1-5H3,(H,31,33)/t20-,23-. The predicted molar refractivity (Wildman–Crippen MR) is 139 cm³/mol. The average molecular weight is 510 g/mol. The monoisotopic (exact) mass is 509 g/mol. The lowest BCUT2D eigenvalue weighted by Crippen LogP contribution is -2.50. The number of hydrogen-bond acceptors (Lipinski definition) is 6. The summed E-state index contributed by atoms with van der Waals surface area (Å²) in [6.45, 7) is 9.93. The number of hydrogen-bond donors (Lipinski definition) is 1. The van der Waals surface area contributed by atoms with Gasteiger partial charge in [0.15, 0.2) is 10.9 Å². The van der Waals surface area contributed by atoms with Crippen molar-refractivity contribution in [2.24, 2.45) is 0 Å². The Bertz CT molecular complexity index is 1180. The third-order valence-electron chi connectivity index (χ3n) is 6.11. The van der Waals surface area contributed by atoms with Crippen molar-refractivity contribution >= 4 is 17.7 Å². The number of nitrogens with one attached hydrogen (secondary N) is 1. The van der Waals surface area contributed by atoms with Gasteiger partial charge in [0.1, 0.15) is 23.2 Å². The molecule has 1 aromatic heterocycles. The molecule has 1 aliphatic rings. The molecule has 8 heteroatoms. The number of alkyl carbamates (subject to hydrolysis) is 1. The van der Waals surface area contributed by atoms with E-state index in [0.717, 1.165) is 24.2 Å². The summed E-state index contributed by atoms with van der Waals surface area (Å²) in [5.74, 6) is 2.06. The lowest BCUT2D eigenvalue weighted by atomic mass is 9.78. The van der Waals surface area contributed by atoms with Crippen LogP contribution in [0.4, 0.5) is 4.79 Å². The second kappa shape index (κ2) is 10.3. The third kappa shape index (κ3) is 6.66. The van der Waals surface area contributed by atoms with Crippen LogP contribution >= 0.6 is 11.6 Å². The molecular weight excluding hydrogens is 478 g/mol. The quantitative estimate of drug-likeness (QED) is 0.382. The largest absolute Gasteiger partial charge is 0.490 e. The van der Waals surface area contributed by atoms with Gasteiger partial charge in [-0.1, -0.05) is 49.7 Å². The van der Waals surface area contributed by atoms with Crippen molar-refractivity contribution in [1.29, 1.82) is 0 Å². The molecule has 7 nitrogen and oxygen atoms in total. The van der Waals surface area contributed by atoms with E-state index in [0.29, 0.717) is 11.5 Å². The molecule has 1 heterocycles. The Kier molecular flexibility index (Phi) is 7.41. The molecule has 1 saturated carbocycles. The highest BCUT2D eigenvalue weighted by molar-refractivity contribution is 6.29. The molecule has 0 aliphatic heterocycles. The maximum Gasteiger partial charge on any atom is 0.407 e. The van der Waals surface area contributed by atoms with Crippen LogP contribution in [0.15, 0.2) is 60.8 Å². The van der Waals surface area contributed by atoms with E-state index in [4.69, 9.17) is 25.8 Å². The van der Waals surface area contributed by atoms with Crippen LogP contribution < -0.4 is 14.8 Å². The van der Waals surface area contributed by atoms with Crippen molar-refractivity contribution in [3.63, 3.8) is 0 Å². The van der Waals surface area contributed by atoms with Gasteiger partial charge in [-0.2, -0.15) is 5.10 Å². The first kappa shape index (κ1) is 25.8. The van der Waals surface area contributed by atoms with Crippen molar-refractivity contribution < 1.29 is 19.0 Å². The van der Waals surface area contributed by atoms with Gasteiger partial charge in [0.2, 0.25) is 0 Å². The Morgan fingerprint density at radius 2 is 1.50 bits per heavy atom. The highest BCUT2D eigenvalue weighted by Gasteiger charge is 2.33. The average Bonchev–Trinajstić information content (AvgIpc) is 2.77. The predicted octanol–water partition coefficient (Wildman–Crippen LogP) is 6.68. The lowest BCUT2D eigenvalue weighted by molar-refractivity contribution is 0.0363. The molecule has 0 bridgehead atoms. The summed E-state index contributed by atoms with van der Waals surface area (Å²) in [5, 5.41) is 10.7. The summed E-state index contributed by atoms with van der Waals surface area (Å²) < 4.78 is 17.2. The van der Waals surface area contributed by atoms with Gasteiger partial charge < -0.3 is 19.5 Å². The van der Waals surface area contributed by atoms with Crippen LogP contribution in [0, 0.1) is 0 Å². The van der Waals surface area contributed by atoms with E-state index in [1.807, 2.05) is 45.0 Å². The molecule has 0 radical (unpaired) electrons. The molecule has 0 unspecified atom stereocenters. The third-order valence-corrected chi connectivity index (χ3v) is 6.29. The summed E-state index contributed by atoms with van der Waals surface area (Å²) >= 11 is 5.88. The Balaban J connectivity index is 1.30. The van der Waals surface area contributed by atoms with Crippen LogP contribution in [-0.2, 0) is 10.2 Å². The van der Waals surface area contributed by atoms with Gasteiger partial charge in [-0.15, -0.1) is 5.10 Å².